The van der Waals surface area contributed by atoms with E-state index in [1.165, 1.54) is 30.2 Å². The Morgan fingerprint density at radius 1 is 1.36 bits per heavy atom. The number of carbonyl (C=O) groups excluding carboxylic acids is 3. The summed E-state index contributed by atoms with van der Waals surface area (Å²) in [6.07, 6.45) is 3.56. The minimum Gasteiger partial charge on any atom is -0.467 e. The number of carbonyl (C=O) groups is 3. The van der Waals surface area contributed by atoms with Crippen LogP contribution in [0.4, 0.5) is 4.39 Å². The number of hydrogen-bond acceptors (Lipinski definition) is 4. The first-order chi connectivity index (χ1) is 13.4. The van der Waals surface area contributed by atoms with Gasteiger partial charge in [-0.15, -0.1) is 0 Å². The number of nitrogens with zero attached hydrogens (tertiary/aromatic N) is 1. The first-order valence-corrected chi connectivity index (χ1v) is 9.85. The summed E-state index contributed by atoms with van der Waals surface area (Å²) < 4.78 is 18.8. The summed E-state index contributed by atoms with van der Waals surface area (Å²) in [7, 11) is 1.30. The third-order valence-corrected chi connectivity index (χ3v) is 5.54. The summed E-state index contributed by atoms with van der Waals surface area (Å²) in [6, 6.07) is 3.19. The van der Waals surface area contributed by atoms with Gasteiger partial charge in [-0.3, -0.25) is 9.59 Å². The maximum absolute atomic E-state index is 14.0. The van der Waals surface area contributed by atoms with Gasteiger partial charge in [-0.05, 0) is 37.0 Å². The van der Waals surface area contributed by atoms with Crippen molar-refractivity contribution in [2.45, 2.75) is 57.2 Å². The van der Waals surface area contributed by atoms with Gasteiger partial charge in [0.25, 0.3) is 0 Å². The monoisotopic (exact) mass is 410 g/mol. The van der Waals surface area contributed by atoms with Gasteiger partial charge in [0.1, 0.15) is 11.9 Å². The van der Waals surface area contributed by atoms with Gasteiger partial charge in [0.05, 0.1) is 7.11 Å². The summed E-state index contributed by atoms with van der Waals surface area (Å²) in [4.78, 5) is 38.2. The van der Waals surface area contributed by atoms with Gasteiger partial charge >= 0.3 is 5.97 Å². The molecule has 1 aromatic rings. The fourth-order valence-corrected chi connectivity index (χ4v) is 3.78. The van der Waals surface area contributed by atoms with E-state index in [2.05, 4.69) is 5.32 Å². The van der Waals surface area contributed by atoms with Gasteiger partial charge in [0.2, 0.25) is 11.8 Å². The molecule has 6 nitrogen and oxygen atoms in total. The third kappa shape index (κ3) is 5.22. The number of amides is 2. The second-order valence-corrected chi connectivity index (χ2v) is 7.91. The normalized spacial score (nSPS) is 20.2. The lowest BCUT2D eigenvalue weighted by Crippen LogP contribution is -2.44. The first kappa shape index (κ1) is 20.6. The number of nitrogens with one attached hydrogen (secondary N) is 1. The highest BCUT2D eigenvalue weighted by Crippen LogP contribution is 2.34. The van der Waals surface area contributed by atoms with Gasteiger partial charge in [0, 0.05) is 36.0 Å². The van der Waals surface area contributed by atoms with Crippen LogP contribution >= 0.6 is 11.6 Å². The third-order valence-electron chi connectivity index (χ3n) is 5.31. The second-order valence-electron chi connectivity index (χ2n) is 7.48. The van der Waals surface area contributed by atoms with E-state index in [0.29, 0.717) is 35.8 Å². The smallest absolute Gasteiger partial charge is 0.328 e. The van der Waals surface area contributed by atoms with Gasteiger partial charge in [0.15, 0.2) is 0 Å². The Balaban J connectivity index is 1.62. The highest BCUT2D eigenvalue weighted by molar-refractivity contribution is 6.30. The fourth-order valence-electron chi connectivity index (χ4n) is 3.58. The molecule has 1 saturated heterocycles. The predicted molar refractivity (Wildman–Crippen MR) is 101 cm³/mol. The van der Waals surface area contributed by atoms with Crippen LogP contribution in [0.2, 0.25) is 5.02 Å². The number of benzene rings is 1. The Morgan fingerprint density at radius 3 is 2.79 bits per heavy atom. The van der Waals surface area contributed by atoms with Crippen molar-refractivity contribution in [1.82, 2.24) is 10.2 Å². The summed E-state index contributed by atoms with van der Waals surface area (Å²) in [5, 5.41) is 3.13. The van der Waals surface area contributed by atoms with Crippen molar-refractivity contribution < 1.29 is 23.5 Å². The molecule has 0 aromatic heterocycles. The fraction of sp³-hybridized carbons (Fsp3) is 0.550. The highest BCUT2D eigenvalue weighted by atomic mass is 35.5. The van der Waals surface area contributed by atoms with E-state index in [1.807, 2.05) is 0 Å². The molecule has 1 aliphatic heterocycles. The van der Waals surface area contributed by atoms with Crippen LogP contribution in [0, 0.1) is 11.7 Å². The lowest BCUT2D eigenvalue weighted by atomic mass is 10.1. The Hall–Kier alpha value is -2.15. The summed E-state index contributed by atoms with van der Waals surface area (Å²) >= 11 is 5.93. The lowest BCUT2D eigenvalue weighted by molar-refractivity contribution is -0.145. The molecule has 1 saturated carbocycles. The number of likely N-dealkylation sites (tertiary alicyclic amines) is 1. The van der Waals surface area contributed by atoms with Crippen LogP contribution in [-0.2, 0) is 25.7 Å². The summed E-state index contributed by atoms with van der Waals surface area (Å²) in [5.74, 6) is -0.894. The number of esters is 1. The zero-order valence-corrected chi connectivity index (χ0v) is 16.5. The predicted octanol–water partition coefficient (Wildman–Crippen LogP) is 2.82. The van der Waals surface area contributed by atoms with Crippen LogP contribution in [0.15, 0.2) is 18.2 Å². The van der Waals surface area contributed by atoms with E-state index in [1.54, 1.807) is 0 Å². The van der Waals surface area contributed by atoms with Crippen LogP contribution in [0.3, 0.4) is 0 Å². The molecule has 1 aliphatic carbocycles. The molecule has 2 fully saturated rings. The molecule has 3 rings (SSSR count). The summed E-state index contributed by atoms with van der Waals surface area (Å²) in [6.45, 7) is 0.0612. The van der Waals surface area contributed by atoms with Crippen LogP contribution < -0.4 is 5.32 Å². The molecule has 2 atom stereocenters. The maximum Gasteiger partial charge on any atom is 0.328 e. The van der Waals surface area contributed by atoms with E-state index in [9.17, 15) is 18.8 Å². The first-order valence-electron chi connectivity index (χ1n) is 9.48. The van der Waals surface area contributed by atoms with Gasteiger partial charge < -0.3 is 15.0 Å². The van der Waals surface area contributed by atoms with Gasteiger partial charge in [-0.2, -0.15) is 0 Å². The Kier molecular flexibility index (Phi) is 6.54. The molecular formula is C20H24ClFN2O4. The molecule has 0 unspecified atom stereocenters. The molecule has 2 aliphatic rings. The molecule has 28 heavy (non-hydrogen) atoms. The van der Waals surface area contributed by atoms with Crippen molar-refractivity contribution in [2.75, 3.05) is 7.11 Å². The van der Waals surface area contributed by atoms with Gasteiger partial charge in [-0.25, -0.2) is 9.18 Å². The van der Waals surface area contributed by atoms with Crippen molar-refractivity contribution in [2.24, 2.45) is 5.92 Å². The number of rotatable bonds is 8. The van der Waals surface area contributed by atoms with Crippen LogP contribution in [0.5, 0.6) is 0 Å². The molecule has 8 heteroatoms. The molecule has 0 bridgehead atoms. The summed E-state index contributed by atoms with van der Waals surface area (Å²) in [5.41, 5.74) is 0.314. The zero-order chi connectivity index (χ0) is 20.3. The maximum atomic E-state index is 14.0. The minimum atomic E-state index is -0.666. The number of halogens is 2. The van der Waals surface area contributed by atoms with Crippen molar-refractivity contribution in [3.63, 3.8) is 0 Å². The quantitative estimate of drug-likeness (QED) is 0.669. The SMILES string of the molecule is COC(=O)[C@H](CC1CC1)NC(=O)C[C@@H]1CCC(=O)N1Cc1cc(Cl)ccc1F. The average Bonchev–Trinajstić information content (AvgIpc) is 3.42. The van der Waals surface area contributed by atoms with Crippen molar-refractivity contribution in [3.05, 3.63) is 34.6 Å². The van der Waals surface area contributed by atoms with Gasteiger partial charge in [-0.1, -0.05) is 24.4 Å². The van der Waals surface area contributed by atoms with E-state index in [-0.39, 0.29) is 30.8 Å². The van der Waals surface area contributed by atoms with Crippen LogP contribution in [0.25, 0.3) is 0 Å². The van der Waals surface area contributed by atoms with Crippen LogP contribution in [0.1, 0.15) is 44.1 Å². The van der Waals surface area contributed by atoms with Crippen LogP contribution in [-0.4, -0.2) is 41.9 Å². The topological polar surface area (TPSA) is 75.7 Å². The van der Waals surface area contributed by atoms with Crippen molar-refractivity contribution in [1.29, 1.82) is 0 Å². The molecule has 1 aromatic carbocycles. The highest BCUT2D eigenvalue weighted by Gasteiger charge is 2.35. The zero-order valence-electron chi connectivity index (χ0n) is 15.7. The molecule has 2 amide bonds. The van der Waals surface area contributed by atoms with Crippen molar-refractivity contribution in [3.8, 4) is 0 Å². The molecule has 0 radical (unpaired) electrons. The molecule has 152 valence electrons. The minimum absolute atomic E-state index is 0.0612. The molecule has 0 spiro atoms. The molecule has 1 N–H and O–H groups in total. The Bertz CT molecular complexity index is 769. The second kappa shape index (κ2) is 8.90. The van der Waals surface area contributed by atoms with E-state index in [0.717, 1.165) is 12.8 Å². The number of methoxy groups -OCH3 is 1. The van der Waals surface area contributed by atoms with Crippen molar-refractivity contribution >= 4 is 29.4 Å². The standard InChI is InChI=1S/C20H24ClFN2O4/c1-28-20(27)17(8-12-2-3-12)23-18(25)10-15-5-7-19(26)24(15)11-13-9-14(21)4-6-16(13)22/h4,6,9,12,15,17H,2-3,5,7-8,10-11H2,1H3,(H,23,25)/t15-,17-/m0/s1. The largest absolute Gasteiger partial charge is 0.467 e. The van der Waals surface area contributed by atoms with E-state index < -0.39 is 17.8 Å². The Labute approximate surface area is 168 Å². The Morgan fingerprint density at radius 2 is 2.11 bits per heavy atom. The molecule has 1 heterocycles. The number of hydrogen-bond donors (Lipinski definition) is 1. The molecular weight excluding hydrogens is 387 g/mol. The lowest BCUT2D eigenvalue weighted by Gasteiger charge is -2.25. The average molecular weight is 411 g/mol. The van der Waals surface area contributed by atoms with E-state index in [4.69, 9.17) is 16.3 Å². The number of ether oxygens (including phenoxy) is 1. The van der Waals surface area contributed by atoms with E-state index >= 15 is 0 Å².